The first-order valence-corrected chi connectivity index (χ1v) is 5.90. The van der Waals surface area contributed by atoms with Crippen molar-refractivity contribution in [3.8, 4) is 5.75 Å². The van der Waals surface area contributed by atoms with Gasteiger partial charge in [-0.05, 0) is 41.1 Å². The van der Waals surface area contributed by atoms with E-state index in [9.17, 15) is 14.4 Å². The summed E-state index contributed by atoms with van der Waals surface area (Å²) in [7, 11) is 0. The summed E-state index contributed by atoms with van der Waals surface area (Å²) in [4.78, 5) is 32.8. The lowest BCUT2D eigenvalue weighted by atomic mass is 10.2. The second-order valence-corrected chi connectivity index (χ2v) is 4.42. The molecule has 102 valence electrons. The molecule has 0 saturated carbocycles. The fourth-order valence-electron chi connectivity index (χ4n) is 1.19. The highest BCUT2D eigenvalue weighted by Gasteiger charge is 2.18. The van der Waals surface area contributed by atoms with E-state index in [-0.39, 0.29) is 11.3 Å². The van der Waals surface area contributed by atoms with Crippen LogP contribution >= 0.6 is 15.9 Å². The quantitative estimate of drug-likeness (QED) is 0.764. The Kier molecular flexibility index (Phi) is 4.87. The van der Waals surface area contributed by atoms with E-state index in [1.54, 1.807) is 0 Å². The maximum atomic E-state index is 11.4. The molecule has 0 aliphatic heterocycles. The van der Waals surface area contributed by atoms with Crippen LogP contribution in [0.3, 0.4) is 0 Å². The summed E-state index contributed by atoms with van der Waals surface area (Å²) in [6, 6.07) is 3.14. The van der Waals surface area contributed by atoms with Gasteiger partial charge in [-0.3, -0.25) is 10.1 Å². The lowest BCUT2D eigenvalue weighted by Gasteiger charge is -2.15. The van der Waals surface area contributed by atoms with Crippen molar-refractivity contribution in [3.05, 3.63) is 28.2 Å². The van der Waals surface area contributed by atoms with Crippen LogP contribution in [-0.2, 0) is 4.79 Å². The standard InChI is InChI=1S/C11H11BrN2O5/c1-5(9(15)14-11(13)18)19-8-4-6(10(16)17)2-3-7(8)12/h2-5H,1H3,(H,16,17)(H3,13,14,15,18). The number of hydrogen-bond acceptors (Lipinski definition) is 4. The summed E-state index contributed by atoms with van der Waals surface area (Å²) >= 11 is 3.17. The van der Waals surface area contributed by atoms with Gasteiger partial charge in [0.05, 0.1) is 10.0 Å². The maximum absolute atomic E-state index is 11.4. The van der Waals surface area contributed by atoms with Gasteiger partial charge in [-0.25, -0.2) is 9.59 Å². The van der Waals surface area contributed by atoms with E-state index in [2.05, 4.69) is 15.9 Å². The first-order chi connectivity index (χ1) is 8.81. The number of rotatable bonds is 4. The molecule has 8 heteroatoms. The number of amides is 3. The van der Waals surface area contributed by atoms with Crippen molar-refractivity contribution in [2.75, 3.05) is 0 Å². The van der Waals surface area contributed by atoms with E-state index >= 15 is 0 Å². The molecule has 1 unspecified atom stereocenters. The minimum Gasteiger partial charge on any atom is -0.480 e. The number of imide groups is 1. The molecule has 0 aliphatic carbocycles. The topological polar surface area (TPSA) is 119 Å². The second-order valence-electron chi connectivity index (χ2n) is 3.56. The zero-order chi connectivity index (χ0) is 14.6. The minimum absolute atomic E-state index is 0.0145. The van der Waals surface area contributed by atoms with E-state index in [1.165, 1.54) is 25.1 Å². The monoisotopic (exact) mass is 330 g/mol. The summed E-state index contributed by atoms with van der Waals surface area (Å²) in [5, 5.41) is 10.7. The van der Waals surface area contributed by atoms with Gasteiger partial charge in [-0.15, -0.1) is 0 Å². The Balaban J connectivity index is 2.86. The first-order valence-electron chi connectivity index (χ1n) is 5.11. The predicted octanol–water partition coefficient (Wildman–Crippen LogP) is 1.11. The first kappa shape index (κ1) is 15.0. The number of halogens is 1. The van der Waals surface area contributed by atoms with Crippen molar-refractivity contribution >= 4 is 33.8 Å². The van der Waals surface area contributed by atoms with E-state index in [0.29, 0.717) is 4.47 Å². The van der Waals surface area contributed by atoms with Crippen LogP contribution < -0.4 is 15.8 Å². The molecular formula is C11H11BrN2O5. The molecule has 0 saturated heterocycles. The van der Waals surface area contributed by atoms with Crippen molar-refractivity contribution in [3.63, 3.8) is 0 Å². The third kappa shape index (κ3) is 4.25. The lowest BCUT2D eigenvalue weighted by molar-refractivity contribution is -0.126. The number of hydrogen-bond donors (Lipinski definition) is 3. The molecule has 7 nitrogen and oxygen atoms in total. The molecule has 1 aromatic carbocycles. The fourth-order valence-corrected chi connectivity index (χ4v) is 1.53. The Morgan fingerprint density at radius 3 is 2.58 bits per heavy atom. The molecule has 1 atom stereocenters. The summed E-state index contributed by atoms with van der Waals surface area (Å²) in [5.41, 5.74) is 4.82. The number of carboxylic acid groups (broad SMARTS) is 1. The van der Waals surface area contributed by atoms with E-state index in [4.69, 9.17) is 15.6 Å². The number of aromatic carboxylic acids is 1. The number of carboxylic acids is 1. The lowest BCUT2D eigenvalue weighted by Crippen LogP contribution is -2.42. The molecule has 3 amide bonds. The highest BCUT2D eigenvalue weighted by molar-refractivity contribution is 9.10. The summed E-state index contributed by atoms with van der Waals surface area (Å²) in [6.07, 6.45) is -1.01. The van der Waals surface area contributed by atoms with E-state index in [1.807, 2.05) is 5.32 Å². The van der Waals surface area contributed by atoms with Gasteiger partial charge in [0, 0.05) is 0 Å². The van der Waals surface area contributed by atoms with Crippen molar-refractivity contribution in [2.24, 2.45) is 5.73 Å². The third-order valence-corrected chi connectivity index (χ3v) is 2.75. The number of carbonyl (C=O) groups is 3. The van der Waals surface area contributed by atoms with Crippen LogP contribution in [-0.4, -0.2) is 29.1 Å². The van der Waals surface area contributed by atoms with Gasteiger partial charge >= 0.3 is 12.0 Å². The average molecular weight is 331 g/mol. The van der Waals surface area contributed by atoms with Gasteiger partial charge in [0.2, 0.25) is 0 Å². The number of carbonyl (C=O) groups excluding carboxylic acids is 2. The summed E-state index contributed by atoms with van der Waals surface area (Å²) < 4.78 is 5.75. The van der Waals surface area contributed by atoms with Crippen molar-refractivity contribution in [1.29, 1.82) is 0 Å². The highest BCUT2D eigenvalue weighted by Crippen LogP contribution is 2.27. The Hall–Kier alpha value is -2.09. The van der Waals surface area contributed by atoms with E-state index < -0.39 is 24.0 Å². The SMILES string of the molecule is CC(Oc1cc(C(=O)O)ccc1Br)C(=O)NC(N)=O. The number of benzene rings is 1. The molecule has 4 N–H and O–H groups in total. The van der Waals surface area contributed by atoms with Gasteiger partial charge in [0.15, 0.2) is 6.10 Å². The molecule has 0 heterocycles. The molecule has 0 aromatic heterocycles. The Labute approximate surface area is 116 Å². The maximum Gasteiger partial charge on any atom is 0.335 e. The smallest absolute Gasteiger partial charge is 0.335 e. The number of nitrogens with one attached hydrogen (secondary N) is 1. The Bertz CT molecular complexity index is 532. The zero-order valence-corrected chi connectivity index (χ0v) is 11.4. The normalized spacial score (nSPS) is 11.5. The molecular weight excluding hydrogens is 320 g/mol. The summed E-state index contributed by atoms with van der Waals surface area (Å²) in [5.74, 6) is -1.67. The highest BCUT2D eigenvalue weighted by atomic mass is 79.9. The molecule has 0 aliphatic rings. The van der Waals surface area contributed by atoms with Gasteiger partial charge < -0.3 is 15.6 Å². The molecule has 19 heavy (non-hydrogen) atoms. The van der Waals surface area contributed by atoms with Crippen LogP contribution in [0, 0.1) is 0 Å². The summed E-state index contributed by atoms with van der Waals surface area (Å²) in [6.45, 7) is 1.40. The van der Waals surface area contributed by atoms with Crippen molar-refractivity contribution < 1.29 is 24.2 Å². The van der Waals surface area contributed by atoms with Crippen LogP contribution in [0.25, 0.3) is 0 Å². The number of primary amides is 1. The molecule has 1 aromatic rings. The molecule has 0 radical (unpaired) electrons. The van der Waals surface area contributed by atoms with Gasteiger partial charge in [-0.1, -0.05) is 0 Å². The largest absolute Gasteiger partial charge is 0.480 e. The van der Waals surface area contributed by atoms with E-state index in [0.717, 1.165) is 0 Å². The van der Waals surface area contributed by atoms with Gasteiger partial charge in [-0.2, -0.15) is 0 Å². The Morgan fingerprint density at radius 2 is 2.05 bits per heavy atom. The van der Waals surface area contributed by atoms with Crippen LogP contribution in [0.1, 0.15) is 17.3 Å². The van der Waals surface area contributed by atoms with Crippen LogP contribution in [0.15, 0.2) is 22.7 Å². The molecule has 0 bridgehead atoms. The van der Waals surface area contributed by atoms with Crippen molar-refractivity contribution in [1.82, 2.24) is 5.32 Å². The minimum atomic E-state index is -1.12. The van der Waals surface area contributed by atoms with Crippen LogP contribution in [0.4, 0.5) is 4.79 Å². The molecule has 1 rings (SSSR count). The Morgan fingerprint density at radius 1 is 1.42 bits per heavy atom. The third-order valence-electron chi connectivity index (χ3n) is 2.10. The fraction of sp³-hybridized carbons (Fsp3) is 0.182. The predicted molar refractivity (Wildman–Crippen MR) is 68.9 cm³/mol. The van der Waals surface area contributed by atoms with Crippen LogP contribution in [0.2, 0.25) is 0 Å². The zero-order valence-electron chi connectivity index (χ0n) is 9.84. The number of nitrogens with two attached hydrogens (primary N) is 1. The molecule has 0 fully saturated rings. The average Bonchev–Trinajstić information content (AvgIpc) is 2.30. The number of ether oxygens (including phenoxy) is 1. The number of urea groups is 1. The second kappa shape index (κ2) is 6.19. The van der Waals surface area contributed by atoms with Gasteiger partial charge in [0.25, 0.3) is 5.91 Å². The van der Waals surface area contributed by atoms with Crippen molar-refractivity contribution in [2.45, 2.75) is 13.0 Å². The van der Waals surface area contributed by atoms with Crippen LogP contribution in [0.5, 0.6) is 5.75 Å². The van der Waals surface area contributed by atoms with Gasteiger partial charge in [0.1, 0.15) is 5.75 Å². The molecule has 0 spiro atoms.